The third-order valence-corrected chi connectivity index (χ3v) is 5.15. The lowest BCUT2D eigenvalue weighted by molar-refractivity contribution is -0.173. The van der Waals surface area contributed by atoms with E-state index in [0.717, 1.165) is 12.0 Å². The van der Waals surface area contributed by atoms with Gasteiger partial charge in [0.2, 0.25) is 0 Å². The molecule has 0 radical (unpaired) electrons. The summed E-state index contributed by atoms with van der Waals surface area (Å²) in [5, 5.41) is 2.42. The van der Waals surface area contributed by atoms with Gasteiger partial charge in [-0.3, -0.25) is 9.59 Å². The van der Waals surface area contributed by atoms with E-state index in [1.807, 2.05) is 25.1 Å². The van der Waals surface area contributed by atoms with Gasteiger partial charge in [-0.2, -0.15) is 0 Å². The Morgan fingerprint density at radius 2 is 1.69 bits per heavy atom. The zero-order valence-corrected chi connectivity index (χ0v) is 18.9. The van der Waals surface area contributed by atoms with E-state index in [0.29, 0.717) is 12.8 Å². The van der Waals surface area contributed by atoms with Gasteiger partial charge in [0.25, 0.3) is 0 Å². The van der Waals surface area contributed by atoms with Gasteiger partial charge in [0.1, 0.15) is 18.8 Å². The third-order valence-electron chi connectivity index (χ3n) is 5.15. The van der Waals surface area contributed by atoms with Gasteiger partial charge in [-0.1, -0.05) is 50.1 Å². The summed E-state index contributed by atoms with van der Waals surface area (Å²) >= 11 is 0. The first-order chi connectivity index (χ1) is 15.2. The second-order valence-corrected chi connectivity index (χ2v) is 7.79. The van der Waals surface area contributed by atoms with Crippen molar-refractivity contribution in [3.63, 3.8) is 0 Å². The van der Waals surface area contributed by atoms with Crippen molar-refractivity contribution in [1.82, 2.24) is 5.32 Å². The highest BCUT2D eigenvalue weighted by Crippen LogP contribution is 2.26. The second-order valence-electron chi connectivity index (χ2n) is 7.79. The first-order valence-corrected chi connectivity index (χ1v) is 10.8. The molecular weight excluding hydrogens is 418 g/mol. The Balaban J connectivity index is 2.15. The summed E-state index contributed by atoms with van der Waals surface area (Å²) in [6.07, 6.45) is -1.88. The smallest absolute Gasteiger partial charge is 0.408 e. The van der Waals surface area contributed by atoms with Crippen LogP contribution in [0.25, 0.3) is 0 Å². The molecule has 0 spiro atoms. The normalized spacial score (nSPS) is 25.9. The zero-order chi connectivity index (χ0) is 23.7. The van der Waals surface area contributed by atoms with E-state index < -0.39 is 54.3 Å². The summed E-state index contributed by atoms with van der Waals surface area (Å²) in [6, 6.07) is 7.75. The Morgan fingerprint density at radius 1 is 1.03 bits per heavy atom. The maximum absolute atomic E-state index is 12.9. The number of rotatable bonds is 7. The molecule has 176 valence electrons. The minimum Gasteiger partial charge on any atom is -0.460 e. The van der Waals surface area contributed by atoms with Crippen molar-refractivity contribution in [1.29, 1.82) is 0 Å². The van der Waals surface area contributed by atoms with Crippen LogP contribution in [0.2, 0.25) is 0 Å². The molecule has 1 fully saturated rings. The van der Waals surface area contributed by atoms with Crippen LogP contribution in [-0.4, -0.2) is 48.4 Å². The van der Waals surface area contributed by atoms with Crippen LogP contribution in [-0.2, 0) is 39.9 Å². The van der Waals surface area contributed by atoms with Gasteiger partial charge in [0, 0.05) is 6.92 Å². The zero-order valence-electron chi connectivity index (χ0n) is 18.9. The first-order valence-electron chi connectivity index (χ1n) is 10.8. The van der Waals surface area contributed by atoms with Crippen molar-refractivity contribution in [2.45, 2.75) is 77.9 Å². The van der Waals surface area contributed by atoms with Gasteiger partial charge >= 0.3 is 24.0 Å². The monoisotopic (exact) mass is 449 g/mol. The summed E-state index contributed by atoms with van der Waals surface area (Å²) in [7, 11) is 0. The second kappa shape index (κ2) is 12.1. The molecule has 1 aromatic rings. The average molecular weight is 450 g/mol. The molecule has 0 unspecified atom stereocenters. The molecular formula is C23H31NO8. The highest BCUT2D eigenvalue weighted by Gasteiger charge is 2.43. The molecule has 1 heterocycles. The highest BCUT2D eigenvalue weighted by atomic mass is 16.6. The van der Waals surface area contributed by atoms with Crippen LogP contribution < -0.4 is 5.32 Å². The van der Waals surface area contributed by atoms with E-state index in [9.17, 15) is 19.2 Å². The predicted octanol–water partition coefficient (Wildman–Crippen LogP) is 2.90. The minimum atomic E-state index is -1.28. The molecule has 1 aliphatic rings. The fourth-order valence-corrected chi connectivity index (χ4v) is 3.46. The van der Waals surface area contributed by atoms with Crippen molar-refractivity contribution >= 4 is 24.0 Å². The molecule has 9 heteroatoms. The first kappa shape index (κ1) is 25.2. The van der Waals surface area contributed by atoms with E-state index in [4.69, 9.17) is 18.9 Å². The molecule has 0 aliphatic carbocycles. The Morgan fingerprint density at radius 3 is 2.31 bits per heavy atom. The standard InChI is InChI=1S/C23H31NO8/c1-5-6-12-18-20(32-16(4)25)15(3)31-22(27)19(14(2)30-21(18)26)24-23(28)29-13-17-10-8-7-9-11-17/h7-11,14-15,18-20H,5-6,12-13H2,1-4H3,(H,24,28)/t14-,15+,18-,19+,20+/m1/s1. The quantitative estimate of drug-likeness (QED) is 0.499. The molecule has 1 saturated heterocycles. The van der Waals surface area contributed by atoms with Crippen LogP contribution in [0.3, 0.4) is 0 Å². The predicted molar refractivity (Wildman–Crippen MR) is 113 cm³/mol. The molecule has 9 nitrogen and oxygen atoms in total. The fourth-order valence-electron chi connectivity index (χ4n) is 3.46. The van der Waals surface area contributed by atoms with E-state index in [1.54, 1.807) is 19.1 Å². The van der Waals surface area contributed by atoms with Gasteiger partial charge in [-0.15, -0.1) is 0 Å². The molecule has 0 bridgehead atoms. The molecule has 1 aliphatic heterocycles. The van der Waals surface area contributed by atoms with E-state index in [-0.39, 0.29) is 6.61 Å². The number of ether oxygens (including phenoxy) is 4. The summed E-state index contributed by atoms with van der Waals surface area (Å²) < 4.78 is 21.5. The fraction of sp³-hybridized carbons (Fsp3) is 0.565. The number of nitrogens with one attached hydrogen (secondary N) is 1. The number of hydrogen-bond acceptors (Lipinski definition) is 8. The van der Waals surface area contributed by atoms with Crippen LogP contribution in [0.4, 0.5) is 4.79 Å². The molecule has 2 rings (SSSR count). The van der Waals surface area contributed by atoms with Gasteiger partial charge in [-0.05, 0) is 25.8 Å². The molecule has 32 heavy (non-hydrogen) atoms. The molecule has 1 amide bonds. The summed E-state index contributed by atoms with van der Waals surface area (Å²) in [5.74, 6) is -2.83. The van der Waals surface area contributed by atoms with Crippen LogP contribution in [0.5, 0.6) is 0 Å². The van der Waals surface area contributed by atoms with Gasteiger partial charge in [0.15, 0.2) is 12.1 Å². The van der Waals surface area contributed by atoms with E-state index in [2.05, 4.69) is 5.32 Å². The van der Waals surface area contributed by atoms with E-state index in [1.165, 1.54) is 13.8 Å². The molecule has 0 aromatic heterocycles. The number of unbranched alkanes of at least 4 members (excludes halogenated alkanes) is 1. The lowest BCUT2D eigenvalue weighted by Crippen LogP contribution is -2.50. The van der Waals surface area contributed by atoms with Crippen molar-refractivity contribution in [3.8, 4) is 0 Å². The number of benzene rings is 1. The van der Waals surface area contributed by atoms with Crippen LogP contribution in [0, 0.1) is 5.92 Å². The third kappa shape index (κ3) is 7.25. The number of alkyl carbamates (subject to hydrolysis) is 1. The number of amides is 1. The van der Waals surface area contributed by atoms with Crippen LogP contribution >= 0.6 is 0 Å². The number of hydrogen-bond donors (Lipinski definition) is 1. The van der Waals surface area contributed by atoms with E-state index >= 15 is 0 Å². The van der Waals surface area contributed by atoms with Crippen molar-refractivity contribution in [2.75, 3.05) is 0 Å². The Hall–Kier alpha value is -3.10. The van der Waals surface area contributed by atoms with Crippen LogP contribution in [0.15, 0.2) is 30.3 Å². The summed E-state index contributed by atoms with van der Waals surface area (Å²) in [5.41, 5.74) is 0.774. The number of carbonyl (C=O) groups excluding carboxylic acids is 4. The molecule has 1 aromatic carbocycles. The lowest BCUT2D eigenvalue weighted by Gasteiger charge is -2.28. The van der Waals surface area contributed by atoms with Gasteiger partial charge in [-0.25, -0.2) is 9.59 Å². The number of esters is 3. The maximum atomic E-state index is 12.9. The van der Waals surface area contributed by atoms with Gasteiger partial charge in [0.05, 0.1) is 5.92 Å². The van der Waals surface area contributed by atoms with Gasteiger partial charge < -0.3 is 24.3 Å². The average Bonchev–Trinajstić information content (AvgIpc) is 2.77. The topological polar surface area (TPSA) is 117 Å². The number of cyclic esters (lactones) is 2. The number of carbonyl (C=O) groups is 4. The summed E-state index contributed by atoms with van der Waals surface area (Å²) in [4.78, 5) is 49.6. The Labute approximate surface area is 187 Å². The Kier molecular flexibility index (Phi) is 9.49. The minimum absolute atomic E-state index is 0.00658. The van der Waals surface area contributed by atoms with Crippen molar-refractivity contribution < 1.29 is 38.1 Å². The maximum Gasteiger partial charge on any atom is 0.408 e. The molecule has 5 atom stereocenters. The van der Waals surface area contributed by atoms with Crippen LogP contribution in [0.1, 0.15) is 52.5 Å². The Bertz CT molecular complexity index is 796. The SMILES string of the molecule is CCCC[C@H]1C(=O)O[C@H](C)[C@H](NC(=O)OCc2ccccc2)C(=O)O[C@@H](C)[C@@H]1OC(C)=O. The molecule has 1 N–H and O–H groups in total. The largest absolute Gasteiger partial charge is 0.460 e. The molecule has 0 saturated carbocycles. The van der Waals surface area contributed by atoms with Crippen molar-refractivity contribution in [3.05, 3.63) is 35.9 Å². The lowest BCUT2D eigenvalue weighted by atomic mass is 9.92. The summed E-state index contributed by atoms with van der Waals surface area (Å²) in [6.45, 7) is 6.22. The highest BCUT2D eigenvalue weighted by molar-refractivity contribution is 5.83. The van der Waals surface area contributed by atoms with Crippen molar-refractivity contribution in [2.24, 2.45) is 5.92 Å².